The molecule has 0 aliphatic rings. The second-order valence-electron chi connectivity index (χ2n) is 5.32. The van der Waals surface area contributed by atoms with Gasteiger partial charge in [-0.1, -0.05) is 12.1 Å². The first-order valence-corrected chi connectivity index (χ1v) is 7.26. The summed E-state index contributed by atoms with van der Waals surface area (Å²) in [4.78, 5) is 11.0. The molecule has 117 valence electrons. The molecule has 5 heteroatoms. The molecule has 1 heterocycles. The number of rotatable bonds is 4. The van der Waals surface area contributed by atoms with Crippen LogP contribution in [0.1, 0.15) is 5.69 Å². The zero-order valence-electron chi connectivity index (χ0n) is 13.1. The van der Waals surface area contributed by atoms with E-state index in [1.165, 1.54) is 0 Å². The summed E-state index contributed by atoms with van der Waals surface area (Å²) in [5.41, 5.74) is 3.65. The zero-order chi connectivity index (χ0) is 16.6. The molecule has 2 aromatic carbocycles. The molecule has 3 rings (SSSR count). The van der Waals surface area contributed by atoms with Crippen LogP contribution in [0.25, 0.3) is 22.0 Å². The maximum absolute atomic E-state index is 11.4. The summed E-state index contributed by atoms with van der Waals surface area (Å²) >= 11 is 0. The molecule has 5 nitrogen and oxygen atoms in total. The Morgan fingerprint density at radius 2 is 1.91 bits per heavy atom. The molecular weight excluding hydrogens is 292 g/mol. The minimum Gasteiger partial charge on any atom is -0.497 e. The summed E-state index contributed by atoms with van der Waals surface area (Å²) in [7, 11) is 3.46. The van der Waals surface area contributed by atoms with Crippen LogP contribution in [0.5, 0.6) is 5.75 Å². The molecule has 0 unspecified atom stereocenters. The lowest BCUT2D eigenvalue weighted by atomic mass is 10.0. The van der Waals surface area contributed by atoms with Crippen molar-refractivity contribution in [2.45, 2.75) is 6.42 Å². The third-order valence-electron chi connectivity index (χ3n) is 4.13. The predicted molar refractivity (Wildman–Crippen MR) is 90.6 cm³/mol. The molecule has 0 amide bonds. The van der Waals surface area contributed by atoms with E-state index < -0.39 is 0 Å². The summed E-state index contributed by atoms with van der Waals surface area (Å²) in [6.45, 7) is 3.90. The SMILES string of the molecule is [CH2]Cc1cc2c(-c3ccc(OC)cc3)ccc([N+](=O)[O-])c2n1C. The van der Waals surface area contributed by atoms with Gasteiger partial charge in [0.2, 0.25) is 0 Å². The Morgan fingerprint density at radius 3 is 2.48 bits per heavy atom. The van der Waals surface area contributed by atoms with E-state index >= 15 is 0 Å². The van der Waals surface area contributed by atoms with Crippen molar-refractivity contribution < 1.29 is 9.66 Å². The van der Waals surface area contributed by atoms with Gasteiger partial charge in [-0.15, -0.1) is 0 Å². The fraction of sp³-hybridized carbons (Fsp3) is 0.167. The predicted octanol–water partition coefficient (Wildman–Crippen LogP) is 4.14. The van der Waals surface area contributed by atoms with Gasteiger partial charge in [0.15, 0.2) is 0 Å². The van der Waals surface area contributed by atoms with Gasteiger partial charge in [0.05, 0.1) is 12.0 Å². The molecule has 0 fully saturated rings. The van der Waals surface area contributed by atoms with E-state index in [9.17, 15) is 10.1 Å². The van der Waals surface area contributed by atoms with Crippen molar-refractivity contribution in [2.75, 3.05) is 7.11 Å². The Morgan fingerprint density at radius 1 is 1.22 bits per heavy atom. The van der Waals surface area contributed by atoms with E-state index in [1.54, 1.807) is 19.2 Å². The average Bonchev–Trinajstić information content (AvgIpc) is 2.91. The van der Waals surface area contributed by atoms with Gasteiger partial charge in [-0.25, -0.2) is 0 Å². The van der Waals surface area contributed by atoms with Crippen LogP contribution in [-0.2, 0) is 13.5 Å². The summed E-state index contributed by atoms with van der Waals surface area (Å²) in [6, 6.07) is 13.0. The molecule has 1 aromatic heterocycles. The second-order valence-corrected chi connectivity index (χ2v) is 5.32. The van der Waals surface area contributed by atoms with Crippen molar-refractivity contribution in [3.05, 3.63) is 65.2 Å². The Bertz CT molecular complexity index is 879. The topological polar surface area (TPSA) is 57.3 Å². The van der Waals surface area contributed by atoms with Crippen LogP contribution in [0.2, 0.25) is 0 Å². The normalized spacial score (nSPS) is 10.9. The van der Waals surface area contributed by atoms with Gasteiger partial charge >= 0.3 is 0 Å². The molecule has 0 aliphatic carbocycles. The molecule has 0 saturated carbocycles. The third-order valence-corrected chi connectivity index (χ3v) is 4.13. The molecule has 23 heavy (non-hydrogen) atoms. The number of nitro benzene ring substituents is 1. The lowest BCUT2D eigenvalue weighted by molar-refractivity contribution is -0.383. The van der Waals surface area contributed by atoms with Gasteiger partial charge in [0.25, 0.3) is 5.69 Å². The van der Waals surface area contributed by atoms with Gasteiger partial charge in [0, 0.05) is 24.2 Å². The Balaban J connectivity index is 2.29. The van der Waals surface area contributed by atoms with Crippen LogP contribution in [0, 0.1) is 17.0 Å². The van der Waals surface area contributed by atoms with Gasteiger partial charge in [0.1, 0.15) is 11.3 Å². The van der Waals surface area contributed by atoms with E-state index in [4.69, 9.17) is 4.74 Å². The molecule has 0 aliphatic heterocycles. The Hall–Kier alpha value is -2.82. The zero-order valence-corrected chi connectivity index (χ0v) is 13.1. The summed E-state index contributed by atoms with van der Waals surface area (Å²) < 4.78 is 7.04. The van der Waals surface area contributed by atoms with Crippen LogP contribution in [0.4, 0.5) is 5.69 Å². The fourth-order valence-corrected chi connectivity index (χ4v) is 2.91. The molecule has 0 atom stereocenters. The summed E-state index contributed by atoms with van der Waals surface area (Å²) in [5.74, 6) is 0.776. The first-order valence-electron chi connectivity index (χ1n) is 7.26. The number of aromatic nitrogens is 1. The van der Waals surface area contributed by atoms with E-state index in [2.05, 4.69) is 6.92 Å². The molecule has 0 N–H and O–H groups in total. The van der Waals surface area contributed by atoms with Crippen molar-refractivity contribution in [3.63, 3.8) is 0 Å². The number of non-ortho nitro benzene ring substituents is 1. The van der Waals surface area contributed by atoms with Crippen LogP contribution in [-0.4, -0.2) is 16.6 Å². The van der Waals surface area contributed by atoms with Gasteiger partial charge in [-0.05, 0) is 48.7 Å². The van der Waals surface area contributed by atoms with Crippen molar-refractivity contribution in [1.82, 2.24) is 4.57 Å². The maximum Gasteiger partial charge on any atom is 0.293 e. The monoisotopic (exact) mass is 309 g/mol. The van der Waals surface area contributed by atoms with Gasteiger partial charge < -0.3 is 9.30 Å². The highest BCUT2D eigenvalue weighted by Gasteiger charge is 2.20. The average molecular weight is 309 g/mol. The summed E-state index contributed by atoms with van der Waals surface area (Å²) in [5, 5.41) is 12.2. The van der Waals surface area contributed by atoms with Crippen LogP contribution >= 0.6 is 0 Å². The molecule has 0 saturated heterocycles. The van der Waals surface area contributed by atoms with Crippen LogP contribution in [0.3, 0.4) is 0 Å². The van der Waals surface area contributed by atoms with Gasteiger partial charge in [-0.3, -0.25) is 10.1 Å². The van der Waals surface area contributed by atoms with Crippen LogP contribution in [0.15, 0.2) is 42.5 Å². The molecule has 3 aromatic rings. The quantitative estimate of drug-likeness (QED) is 0.537. The number of benzene rings is 2. The van der Waals surface area contributed by atoms with E-state index in [0.717, 1.165) is 28.0 Å². The first kappa shape index (κ1) is 15.1. The minimum atomic E-state index is -0.340. The molecule has 1 radical (unpaired) electrons. The van der Waals surface area contributed by atoms with Gasteiger partial charge in [-0.2, -0.15) is 0 Å². The number of methoxy groups -OCH3 is 1. The van der Waals surface area contributed by atoms with Crippen molar-refractivity contribution >= 4 is 16.6 Å². The second kappa shape index (κ2) is 5.76. The van der Waals surface area contributed by atoms with Crippen molar-refractivity contribution in [2.24, 2.45) is 7.05 Å². The number of hydrogen-bond donors (Lipinski definition) is 0. The van der Waals surface area contributed by atoms with Crippen molar-refractivity contribution in [3.8, 4) is 16.9 Å². The lowest BCUT2D eigenvalue weighted by Crippen LogP contribution is -1.98. The highest BCUT2D eigenvalue weighted by Crippen LogP contribution is 2.36. The highest BCUT2D eigenvalue weighted by molar-refractivity contribution is 6.01. The van der Waals surface area contributed by atoms with Crippen molar-refractivity contribution in [1.29, 1.82) is 0 Å². The largest absolute Gasteiger partial charge is 0.497 e. The molecular formula is C18H17N2O3. The standard InChI is InChI=1S/C18H17N2O3/c1-4-13-11-16-15(12-5-7-14(23-3)8-6-12)9-10-17(20(21)22)18(16)19(13)2/h5-11H,1,4H2,2-3H3. The third kappa shape index (κ3) is 2.44. The van der Waals surface area contributed by atoms with E-state index in [0.29, 0.717) is 11.9 Å². The smallest absolute Gasteiger partial charge is 0.293 e. The molecule has 0 spiro atoms. The Labute approximate surface area is 134 Å². The fourth-order valence-electron chi connectivity index (χ4n) is 2.91. The molecule has 0 bridgehead atoms. The number of ether oxygens (including phenoxy) is 1. The van der Waals surface area contributed by atoms with E-state index in [-0.39, 0.29) is 10.6 Å². The summed E-state index contributed by atoms with van der Waals surface area (Å²) in [6.07, 6.45) is 0.574. The number of nitro groups is 1. The maximum atomic E-state index is 11.4. The minimum absolute atomic E-state index is 0.111. The number of fused-ring (bicyclic) bond motifs is 1. The number of hydrogen-bond acceptors (Lipinski definition) is 3. The Kier molecular flexibility index (Phi) is 3.78. The van der Waals surface area contributed by atoms with Crippen LogP contribution < -0.4 is 4.74 Å². The number of nitrogens with zero attached hydrogens (tertiary/aromatic N) is 2. The lowest BCUT2D eigenvalue weighted by Gasteiger charge is -2.07. The van der Waals surface area contributed by atoms with E-state index in [1.807, 2.05) is 41.9 Å². The first-order chi connectivity index (χ1) is 11.1. The number of aryl methyl sites for hydroxylation is 1. The highest BCUT2D eigenvalue weighted by atomic mass is 16.6.